The molecular weight excluding hydrogens is 177 g/mol. The third-order valence-corrected chi connectivity index (χ3v) is 3.16. The molecule has 2 rings (SSSR count). The van der Waals surface area contributed by atoms with Gasteiger partial charge in [0.2, 0.25) is 0 Å². The summed E-state index contributed by atoms with van der Waals surface area (Å²) in [6.45, 7) is 4.06. The number of benzene rings is 1. The molecule has 0 aliphatic heterocycles. The number of nitrogens with two attached hydrogens (primary N) is 1. The molecular formula is C12H16FN. The highest BCUT2D eigenvalue weighted by molar-refractivity contribution is 5.34. The van der Waals surface area contributed by atoms with E-state index in [0.717, 1.165) is 12.0 Å². The van der Waals surface area contributed by atoms with E-state index in [9.17, 15) is 4.39 Å². The summed E-state index contributed by atoms with van der Waals surface area (Å²) < 4.78 is 13.0. The molecule has 76 valence electrons. The first-order valence-corrected chi connectivity index (χ1v) is 5.11. The van der Waals surface area contributed by atoms with E-state index in [2.05, 4.69) is 0 Å². The van der Waals surface area contributed by atoms with Crippen molar-refractivity contribution in [1.29, 1.82) is 0 Å². The molecule has 2 heteroatoms. The van der Waals surface area contributed by atoms with Crippen molar-refractivity contribution >= 4 is 0 Å². The molecule has 14 heavy (non-hydrogen) atoms. The van der Waals surface area contributed by atoms with E-state index in [0.29, 0.717) is 11.8 Å². The second-order valence-electron chi connectivity index (χ2n) is 4.37. The number of halogens is 1. The van der Waals surface area contributed by atoms with E-state index >= 15 is 0 Å². The summed E-state index contributed by atoms with van der Waals surface area (Å²) in [5.74, 6) is 0.905. The molecule has 0 heterocycles. The molecule has 1 aromatic rings. The Balaban J connectivity index is 2.22. The smallest absolute Gasteiger partial charge is 0.123 e. The summed E-state index contributed by atoms with van der Waals surface area (Å²) in [4.78, 5) is 0. The number of rotatable bonds is 2. The summed E-state index contributed by atoms with van der Waals surface area (Å²) in [6, 6.07) is 5.24. The molecule has 1 aromatic carbocycles. The van der Waals surface area contributed by atoms with E-state index in [1.54, 1.807) is 6.07 Å². The third-order valence-electron chi connectivity index (χ3n) is 3.16. The Labute approximate surface area is 84.1 Å². The Morgan fingerprint density at radius 3 is 2.79 bits per heavy atom. The Hall–Kier alpha value is -0.890. The first-order chi connectivity index (χ1) is 6.59. The van der Waals surface area contributed by atoms with E-state index in [-0.39, 0.29) is 11.9 Å². The van der Waals surface area contributed by atoms with Crippen LogP contribution in [0.5, 0.6) is 0 Å². The van der Waals surface area contributed by atoms with E-state index in [1.807, 2.05) is 19.9 Å². The summed E-state index contributed by atoms with van der Waals surface area (Å²) >= 11 is 0. The molecule has 1 nitrogen and oxygen atoms in total. The zero-order valence-electron chi connectivity index (χ0n) is 8.63. The maximum atomic E-state index is 13.0. The lowest BCUT2D eigenvalue weighted by atomic mass is 10.0. The minimum absolute atomic E-state index is 0.138. The van der Waals surface area contributed by atoms with Crippen LogP contribution in [0, 0.1) is 18.7 Å². The predicted octanol–water partition coefficient (Wildman–Crippen LogP) is 2.58. The first kappa shape index (κ1) is 9.66. The van der Waals surface area contributed by atoms with Gasteiger partial charge in [0, 0.05) is 6.04 Å². The summed E-state index contributed by atoms with van der Waals surface area (Å²) in [5.41, 5.74) is 8.15. The van der Waals surface area contributed by atoms with E-state index in [1.165, 1.54) is 11.6 Å². The Morgan fingerprint density at radius 1 is 1.50 bits per heavy atom. The Morgan fingerprint density at radius 2 is 2.21 bits per heavy atom. The summed E-state index contributed by atoms with van der Waals surface area (Å²) in [7, 11) is 0. The average Bonchev–Trinajstić information content (AvgIpc) is 2.88. The quantitative estimate of drug-likeness (QED) is 0.767. The van der Waals surface area contributed by atoms with Gasteiger partial charge in [-0.05, 0) is 55.4 Å². The van der Waals surface area contributed by atoms with Gasteiger partial charge in [-0.25, -0.2) is 4.39 Å². The van der Waals surface area contributed by atoms with Gasteiger partial charge in [-0.1, -0.05) is 6.07 Å². The summed E-state index contributed by atoms with van der Waals surface area (Å²) in [5, 5.41) is 0. The van der Waals surface area contributed by atoms with Gasteiger partial charge in [-0.2, -0.15) is 0 Å². The standard InChI is InChI=1S/C12H16FN/c1-7-3-4-9(13)5-10(7)12-6-11(12)8(2)14/h3-5,8,11-12H,6,14H2,1-2H3. The highest BCUT2D eigenvalue weighted by atomic mass is 19.1. The molecule has 0 saturated heterocycles. The highest BCUT2D eigenvalue weighted by Crippen LogP contribution is 2.49. The molecule has 1 aliphatic rings. The molecule has 1 saturated carbocycles. The van der Waals surface area contributed by atoms with Crippen molar-refractivity contribution in [3.8, 4) is 0 Å². The Bertz CT molecular complexity index is 346. The fourth-order valence-electron chi connectivity index (χ4n) is 2.16. The van der Waals surface area contributed by atoms with Crippen molar-refractivity contribution in [2.75, 3.05) is 0 Å². The van der Waals surface area contributed by atoms with Crippen molar-refractivity contribution in [2.45, 2.75) is 32.2 Å². The van der Waals surface area contributed by atoms with Crippen molar-refractivity contribution in [3.63, 3.8) is 0 Å². The van der Waals surface area contributed by atoms with E-state index < -0.39 is 0 Å². The van der Waals surface area contributed by atoms with Crippen LogP contribution < -0.4 is 5.73 Å². The maximum Gasteiger partial charge on any atom is 0.123 e. The van der Waals surface area contributed by atoms with Gasteiger partial charge in [0.25, 0.3) is 0 Å². The molecule has 0 spiro atoms. The van der Waals surface area contributed by atoms with Crippen LogP contribution in [0.15, 0.2) is 18.2 Å². The molecule has 1 aliphatic carbocycles. The number of hydrogen-bond acceptors (Lipinski definition) is 1. The fraction of sp³-hybridized carbons (Fsp3) is 0.500. The van der Waals surface area contributed by atoms with E-state index in [4.69, 9.17) is 5.73 Å². The minimum atomic E-state index is -0.138. The van der Waals surface area contributed by atoms with Crippen LogP contribution in [-0.2, 0) is 0 Å². The van der Waals surface area contributed by atoms with Gasteiger partial charge in [-0.15, -0.1) is 0 Å². The van der Waals surface area contributed by atoms with Gasteiger partial charge in [0.05, 0.1) is 0 Å². The highest BCUT2D eigenvalue weighted by Gasteiger charge is 2.41. The zero-order chi connectivity index (χ0) is 10.3. The van der Waals surface area contributed by atoms with Crippen LogP contribution in [0.1, 0.15) is 30.4 Å². The molecule has 2 N–H and O–H groups in total. The van der Waals surface area contributed by atoms with Crippen LogP contribution in [0.3, 0.4) is 0 Å². The normalized spacial score (nSPS) is 27.4. The second kappa shape index (κ2) is 3.35. The predicted molar refractivity (Wildman–Crippen MR) is 55.6 cm³/mol. The fourth-order valence-corrected chi connectivity index (χ4v) is 2.16. The van der Waals surface area contributed by atoms with Gasteiger partial charge >= 0.3 is 0 Å². The van der Waals surface area contributed by atoms with Gasteiger partial charge in [-0.3, -0.25) is 0 Å². The van der Waals surface area contributed by atoms with Gasteiger partial charge in [0.1, 0.15) is 5.82 Å². The van der Waals surface area contributed by atoms with Crippen LogP contribution in [0.25, 0.3) is 0 Å². The van der Waals surface area contributed by atoms with Crippen LogP contribution in [-0.4, -0.2) is 6.04 Å². The second-order valence-corrected chi connectivity index (χ2v) is 4.37. The summed E-state index contributed by atoms with van der Waals surface area (Å²) in [6.07, 6.45) is 1.11. The van der Waals surface area contributed by atoms with Gasteiger partial charge < -0.3 is 5.73 Å². The molecule has 0 radical (unpaired) electrons. The minimum Gasteiger partial charge on any atom is -0.328 e. The SMILES string of the molecule is Cc1ccc(F)cc1C1CC1C(C)N. The molecule has 0 amide bonds. The van der Waals surface area contributed by atoms with Crippen molar-refractivity contribution < 1.29 is 4.39 Å². The largest absolute Gasteiger partial charge is 0.328 e. The van der Waals surface area contributed by atoms with Crippen molar-refractivity contribution in [3.05, 3.63) is 35.1 Å². The monoisotopic (exact) mass is 193 g/mol. The molecule has 3 unspecified atom stereocenters. The first-order valence-electron chi connectivity index (χ1n) is 5.11. The Kier molecular flexibility index (Phi) is 2.31. The van der Waals surface area contributed by atoms with Crippen LogP contribution in [0.4, 0.5) is 4.39 Å². The van der Waals surface area contributed by atoms with Crippen molar-refractivity contribution in [1.82, 2.24) is 0 Å². The lowest BCUT2D eigenvalue weighted by Gasteiger charge is -2.07. The van der Waals surface area contributed by atoms with Crippen LogP contribution in [0.2, 0.25) is 0 Å². The molecule has 0 bridgehead atoms. The average molecular weight is 193 g/mol. The number of hydrogen-bond donors (Lipinski definition) is 1. The molecule has 1 fully saturated rings. The zero-order valence-corrected chi connectivity index (χ0v) is 8.63. The van der Waals surface area contributed by atoms with Gasteiger partial charge in [0.15, 0.2) is 0 Å². The topological polar surface area (TPSA) is 26.0 Å². The van der Waals surface area contributed by atoms with Crippen molar-refractivity contribution in [2.24, 2.45) is 11.7 Å². The molecule has 0 aromatic heterocycles. The lowest BCUT2D eigenvalue weighted by molar-refractivity contribution is 0.614. The number of aryl methyl sites for hydroxylation is 1. The maximum absolute atomic E-state index is 13.0. The third kappa shape index (κ3) is 1.67. The van der Waals surface area contributed by atoms with Crippen LogP contribution >= 0.6 is 0 Å². The molecule has 3 atom stereocenters. The lowest BCUT2D eigenvalue weighted by Crippen LogP contribution is -2.18.